The molecule has 3 aromatic rings. The van der Waals surface area contributed by atoms with Crippen molar-refractivity contribution < 1.29 is 4.39 Å². The predicted octanol–water partition coefficient (Wildman–Crippen LogP) is 4.08. The Morgan fingerprint density at radius 3 is 2.74 bits per heavy atom. The Hall–Kier alpha value is -2.47. The first-order chi connectivity index (χ1) is 13.2. The van der Waals surface area contributed by atoms with Gasteiger partial charge in [0.25, 0.3) is 0 Å². The summed E-state index contributed by atoms with van der Waals surface area (Å²) in [5, 5.41) is 7.88. The van der Waals surface area contributed by atoms with Crippen molar-refractivity contribution in [2.24, 2.45) is 4.99 Å². The molecular weight excluding hydrogens is 359 g/mol. The zero-order valence-corrected chi connectivity index (χ0v) is 16.5. The highest BCUT2D eigenvalue weighted by atomic mass is 32.2. The highest BCUT2D eigenvalue weighted by Crippen LogP contribution is 2.17. The zero-order chi connectivity index (χ0) is 19.1. The highest BCUT2D eigenvalue weighted by Gasteiger charge is 2.06. The molecule has 0 saturated heterocycles. The van der Waals surface area contributed by atoms with Gasteiger partial charge in [-0.15, -0.1) is 0 Å². The molecule has 6 heteroatoms. The lowest BCUT2D eigenvalue weighted by atomic mass is 10.1. The van der Waals surface area contributed by atoms with Gasteiger partial charge in [0.2, 0.25) is 0 Å². The van der Waals surface area contributed by atoms with Crippen molar-refractivity contribution in [3.8, 4) is 0 Å². The van der Waals surface area contributed by atoms with Crippen LogP contribution in [0.25, 0.3) is 10.9 Å². The van der Waals surface area contributed by atoms with Gasteiger partial charge in [-0.2, -0.15) is 11.8 Å². The summed E-state index contributed by atoms with van der Waals surface area (Å²) in [6, 6.07) is 15.4. The van der Waals surface area contributed by atoms with Crippen molar-refractivity contribution in [1.82, 2.24) is 15.6 Å². The van der Waals surface area contributed by atoms with Crippen LogP contribution in [0.15, 0.2) is 53.5 Å². The third kappa shape index (κ3) is 5.26. The van der Waals surface area contributed by atoms with E-state index in [0.29, 0.717) is 6.54 Å². The monoisotopic (exact) mass is 384 g/mol. The summed E-state index contributed by atoms with van der Waals surface area (Å²) in [5.74, 6) is 1.34. The van der Waals surface area contributed by atoms with E-state index in [4.69, 9.17) is 0 Å². The number of hydrogen-bond donors (Lipinski definition) is 3. The first kappa shape index (κ1) is 19.3. The van der Waals surface area contributed by atoms with Gasteiger partial charge < -0.3 is 15.6 Å². The molecule has 3 N–H and O–H groups in total. The van der Waals surface area contributed by atoms with Crippen molar-refractivity contribution in [3.63, 3.8) is 0 Å². The topological polar surface area (TPSA) is 52.2 Å². The minimum atomic E-state index is -0.191. The summed E-state index contributed by atoms with van der Waals surface area (Å²) in [4.78, 5) is 7.71. The Balaban J connectivity index is 1.52. The van der Waals surface area contributed by atoms with Gasteiger partial charge in [0, 0.05) is 43.5 Å². The van der Waals surface area contributed by atoms with E-state index >= 15 is 0 Å². The Labute approximate surface area is 163 Å². The Kier molecular flexibility index (Phi) is 6.76. The van der Waals surface area contributed by atoms with Gasteiger partial charge in [0.05, 0.1) is 0 Å². The third-order valence-electron chi connectivity index (χ3n) is 4.41. The average Bonchev–Trinajstić information content (AvgIpc) is 3.09. The SMILES string of the molecule is CN=C(NCCc1cc2ccccc2[nH]1)NCc1ccc(F)cc1CSC. The quantitative estimate of drug-likeness (QED) is 0.425. The molecule has 0 atom stereocenters. The van der Waals surface area contributed by atoms with Gasteiger partial charge in [0.1, 0.15) is 5.82 Å². The fourth-order valence-electron chi connectivity index (χ4n) is 3.04. The van der Waals surface area contributed by atoms with Crippen LogP contribution in [0.2, 0.25) is 0 Å². The number of nitrogens with one attached hydrogen (secondary N) is 3. The molecule has 0 amide bonds. The number of nitrogens with zero attached hydrogens (tertiary/aromatic N) is 1. The van der Waals surface area contributed by atoms with Gasteiger partial charge in [-0.3, -0.25) is 4.99 Å². The highest BCUT2D eigenvalue weighted by molar-refractivity contribution is 7.97. The first-order valence-corrected chi connectivity index (χ1v) is 10.4. The van der Waals surface area contributed by atoms with E-state index in [1.807, 2.05) is 24.5 Å². The Morgan fingerprint density at radius 1 is 1.11 bits per heavy atom. The minimum Gasteiger partial charge on any atom is -0.358 e. The lowest BCUT2D eigenvalue weighted by Crippen LogP contribution is -2.38. The van der Waals surface area contributed by atoms with E-state index < -0.39 is 0 Å². The van der Waals surface area contributed by atoms with Crippen LogP contribution >= 0.6 is 11.8 Å². The second kappa shape index (κ2) is 9.46. The number of hydrogen-bond acceptors (Lipinski definition) is 2. The summed E-state index contributed by atoms with van der Waals surface area (Å²) in [6.07, 6.45) is 2.90. The maximum Gasteiger partial charge on any atom is 0.191 e. The molecule has 0 unspecified atom stereocenters. The van der Waals surface area contributed by atoms with Crippen molar-refractivity contribution in [2.45, 2.75) is 18.7 Å². The largest absolute Gasteiger partial charge is 0.358 e. The molecule has 142 valence electrons. The second-order valence-electron chi connectivity index (χ2n) is 6.33. The fourth-order valence-corrected chi connectivity index (χ4v) is 3.62. The molecule has 4 nitrogen and oxygen atoms in total. The molecular formula is C21H25FN4S. The van der Waals surface area contributed by atoms with Crippen LogP contribution in [0, 0.1) is 5.82 Å². The summed E-state index contributed by atoms with van der Waals surface area (Å²) in [7, 11) is 1.76. The van der Waals surface area contributed by atoms with Gasteiger partial charge in [-0.25, -0.2) is 4.39 Å². The normalized spacial score (nSPS) is 11.7. The van der Waals surface area contributed by atoms with E-state index in [0.717, 1.165) is 41.3 Å². The van der Waals surface area contributed by atoms with Gasteiger partial charge in [0.15, 0.2) is 5.96 Å². The molecule has 0 aliphatic rings. The van der Waals surface area contributed by atoms with E-state index in [1.165, 1.54) is 17.1 Å². The molecule has 0 aliphatic carbocycles. The van der Waals surface area contributed by atoms with E-state index in [2.05, 4.69) is 38.8 Å². The van der Waals surface area contributed by atoms with Crippen LogP contribution in [0.4, 0.5) is 4.39 Å². The van der Waals surface area contributed by atoms with Crippen LogP contribution in [-0.2, 0) is 18.7 Å². The van der Waals surface area contributed by atoms with E-state index in [9.17, 15) is 4.39 Å². The molecule has 3 rings (SSSR count). The lowest BCUT2D eigenvalue weighted by Gasteiger charge is -2.14. The number of benzene rings is 2. The van der Waals surface area contributed by atoms with Gasteiger partial charge >= 0.3 is 0 Å². The van der Waals surface area contributed by atoms with E-state index in [1.54, 1.807) is 24.9 Å². The maximum atomic E-state index is 13.5. The smallest absolute Gasteiger partial charge is 0.191 e. The molecule has 0 aliphatic heterocycles. The number of H-pyrrole nitrogens is 1. The first-order valence-electron chi connectivity index (χ1n) is 8.97. The fraction of sp³-hybridized carbons (Fsp3) is 0.286. The van der Waals surface area contributed by atoms with Crippen LogP contribution < -0.4 is 10.6 Å². The molecule has 1 heterocycles. The van der Waals surface area contributed by atoms with Crippen molar-refractivity contribution >= 4 is 28.6 Å². The number of halogens is 1. The van der Waals surface area contributed by atoms with Gasteiger partial charge in [-0.05, 0) is 47.0 Å². The standard InChI is InChI=1S/C21H25FN4S/c1-23-21(25-13-16-7-8-18(22)11-17(16)14-27-2)24-10-9-19-12-15-5-3-4-6-20(15)26-19/h3-8,11-12,26H,9-10,13-14H2,1-2H3,(H2,23,24,25). The number of aromatic amines is 1. The molecule has 0 saturated carbocycles. The summed E-state index contributed by atoms with van der Waals surface area (Å²) < 4.78 is 13.5. The number of aliphatic imine (C=N–C) groups is 1. The van der Waals surface area contributed by atoms with Crippen LogP contribution in [0.5, 0.6) is 0 Å². The summed E-state index contributed by atoms with van der Waals surface area (Å²) in [6.45, 7) is 1.38. The number of rotatable bonds is 7. The second-order valence-corrected chi connectivity index (χ2v) is 7.20. The van der Waals surface area contributed by atoms with Crippen LogP contribution in [0.1, 0.15) is 16.8 Å². The minimum absolute atomic E-state index is 0.191. The summed E-state index contributed by atoms with van der Waals surface area (Å²) in [5.41, 5.74) is 4.46. The molecule has 27 heavy (non-hydrogen) atoms. The molecule has 2 aromatic carbocycles. The van der Waals surface area contributed by atoms with Crippen molar-refractivity contribution in [2.75, 3.05) is 19.8 Å². The molecule has 0 fully saturated rings. The van der Waals surface area contributed by atoms with Crippen molar-refractivity contribution in [3.05, 3.63) is 71.2 Å². The molecule has 0 spiro atoms. The number of para-hydroxylation sites is 1. The van der Waals surface area contributed by atoms with E-state index in [-0.39, 0.29) is 5.82 Å². The van der Waals surface area contributed by atoms with Crippen LogP contribution in [0.3, 0.4) is 0 Å². The molecule has 0 radical (unpaired) electrons. The predicted molar refractivity (Wildman–Crippen MR) is 114 cm³/mol. The van der Waals surface area contributed by atoms with Crippen molar-refractivity contribution in [1.29, 1.82) is 0 Å². The summed E-state index contributed by atoms with van der Waals surface area (Å²) >= 11 is 1.69. The molecule has 0 bridgehead atoms. The number of guanidine groups is 1. The third-order valence-corrected chi connectivity index (χ3v) is 5.01. The lowest BCUT2D eigenvalue weighted by molar-refractivity contribution is 0.625. The maximum absolute atomic E-state index is 13.5. The van der Waals surface area contributed by atoms with Crippen LogP contribution in [-0.4, -0.2) is 30.8 Å². The zero-order valence-electron chi connectivity index (χ0n) is 15.7. The number of fused-ring (bicyclic) bond motifs is 1. The Morgan fingerprint density at radius 2 is 1.96 bits per heavy atom. The number of thioether (sulfide) groups is 1. The average molecular weight is 385 g/mol. The molecule has 1 aromatic heterocycles. The van der Waals surface area contributed by atoms with Gasteiger partial charge in [-0.1, -0.05) is 24.3 Å². The number of aromatic nitrogens is 1. The Bertz CT molecular complexity index is 886.